The quantitative estimate of drug-likeness (QED) is 0.388. The molecule has 9 nitrogen and oxygen atoms in total. The van der Waals surface area contributed by atoms with Crippen LogP contribution in [0.15, 0.2) is 41.6 Å². The van der Waals surface area contributed by atoms with Crippen molar-refractivity contribution in [3.05, 3.63) is 58.7 Å². The zero-order chi connectivity index (χ0) is 28.8. The molecule has 1 saturated heterocycles. The Labute approximate surface area is 231 Å². The van der Waals surface area contributed by atoms with Crippen LogP contribution < -0.4 is 10.6 Å². The highest BCUT2D eigenvalue weighted by atomic mass is 19.1. The van der Waals surface area contributed by atoms with Crippen molar-refractivity contribution < 1.29 is 28.3 Å². The van der Waals surface area contributed by atoms with Crippen LogP contribution in [-0.4, -0.2) is 68.9 Å². The molecule has 1 aromatic carbocycles. The number of nitrogens with zero attached hydrogens (tertiary/aromatic N) is 3. The first-order valence-corrected chi connectivity index (χ1v) is 13.8. The van der Waals surface area contributed by atoms with E-state index in [9.17, 15) is 18.8 Å². The van der Waals surface area contributed by atoms with Crippen LogP contribution in [0.25, 0.3) is 0 Å². The van der Waals surface area contributed by atoms with E-state index in [1.165, 1.54) is 23.2 Å². The van der Waals surface area contributed by atoms with E-state index in [1.54, 1.807) is 23.7 Å². The van der Waals surface area contributed by atoms with E-state index in [4.69, 9.17) is 5.11 Å². The summed E-state index contributed by atoms with van der Waals surface area (Å²) in [7, 11) is 0. The summed E-state index contributed by atoms with van der Waals surface area (Å²) in [6.07, 6.45) is 5.18. The lowest BCUT2D eigenvalue weighted by molar-refractivity contribution is -0.150. The number of aromatic nitrogens is 2. The van der Waals surface area contributed by atoms with E-state index in [-0.39, 0.29) is 36.6 Å². The van der Waals surface area contributed by atoms with Gasteiger partial charge < -0.3 is 20.6 Å². The SMILES string of the molecule is CC(C)n1nccc1C(=O)N[C@H](C(=O)Nc1ccc([C@H](C)C(=O)N2CC(F)(CO)C2)cc1F)C(=C1CC1)C1CC1. The highest BCUT2D eigenvalue weighted by Crippen LogP contribution is 2.46. The topological polar surface area (TPSA) is 117 Å². The summed E-state index contributed by atoms with van der Waals surface area (Å²) < 4.78 is 30.8. The molecule has 0 unspecified atom stereocenters. The van der Waals surface area contributed by atoms with Crippen molar-refractivity contribution in [3.63, 3.8) is 0 Å². The van der Waals surface area contributed by atoms with Crippen molar-refractivity contribution >= 4 is 23.4 Å². The lowest BCUT2D eigenvalue weighted by Crippen LogP contribution is -2.63. The number of allylic oxidation sites excluding steroid dienone is 1. The van der Waals surface area contributed by atoms with Gasteiger partial charge in [-0.15, -0.1) is 0 Å². The fourth-order valence-electron chi connectivity index (χ4n) is 5.29. The Balaban J connectivity index is 1.32. The van der Waals surface area contributed by atoms with Crippen LogP contribution in [0.2, 0.25) is 0 Å². The maximum absolute atomic E-state index is 15.2. The molecule has 5 rings (SSSR count). The van der Waals surface area contributed by atoms with Gasteiger partial charge in [-0.3, -0.25) is 19.1 Å². The first kappa shape index (κ1) is 27.9. The van der Waals surface area contributed by atoms with Gasteiger partial charge in [0.25, 0.3) is 11.8 Å². The zero-order valence-electron chi connectivity index (χ0n) is 22.9. The molecule has 3 fully saturated rings. The molecule has 1 aromatic heterocycles. The molecule has 0 bridgehead atoms. The lowest BCUT2D eigenvalue weighted by Gasteiger charge is -2.44. The molecule has 11 heteroatoms. The van der Waals surface area contributed by atoms with Crippen molar-refractivity contribution in [2.45, 2.75) is 70.1 Å². The number of halogens is 2. The standard InChI is InChI=1S/C29H35F2N5O4/c1-16(2)36-23(10-11-32-36)26(38)34-25(24(18-4-5-18)19-6-7-19)27(39)33-22-9-8-20(12-21(22)30)17(3)28(40)35-13-29(31,14-35)15-37/h8-12,16-18,25,37H,4-7,13-15H2,1-3H3,(H,33,39)(H,34,38)/t17-,25-/m0/s1. The van der Waals surface area contributed by atoms with E-state index < -0.39 is 41.9 Å². The largest absolute Gasteiger partial charge is 0.393 e. The second-order valence-corrected chi connectivity index (χ2v) is 11.4. The van der Waals surface area contributed by atoms with Gasteiger partial charge in [-0.2, -0.15) is 5.10 Å². The average molecular weight is 556 g/mol. The van der Waals surface area contributed by atoms with Gasteiger partial charge in [-0.05, 0) is 81.7 Å². The fourth-order valence-corrected chi connectivity index (χ4v) is 5.29. The third kappa shape index (κ3) is 5.65. The van der Waals surface area contributed by atoms with Crippen LogP contribution in [0.3, 0.4) is 0 Å². The van der Waals surface area contributed by atoms with Crippen LogP contribution in [0.1, 0.15) is 74.5 Å². The van der Waals surface area contributed by atoms with E-state index in [1.807, 2.05) is 13.8 Å². The predicted octanol–water partition coefficient (Wildman–Crippen LogP) is 3.49. The number of likely N-dealkylation sites (tertiary alicyclic amines) is 1. The Morgan fingerprint density at radius 3 is 2.42 bits per heavy atom. The molecular weight excluding hydrogens is 520 g/mol. The van der Waals surface area contributed by atoms with Crippen molar-refractivity contribution in [1.82, 2.24) is 20.0 Å². The Bertz CT molecular complexity index is 1350. The highest BCUT2D eigenvalue weighted by Gasteiger charge is 2.46. The number of carbonyl (C=O) groups is 3. The molecule has 1 aliphatic heterocycles. The maximum atomic E-state index is 15.2. The molecular formula is C29H35F2N5O4. The summed E-state index contributed by atoms with van der Waals surface area (Å²) in [5.41, 5.74) is 0.940. The van der Waals surface area contributed by atoms with Gasteiger partial charge in [0.1, 0.15) is 17.6 Å². The number of carbonyl (C=O) groups excluding carboxylic acids is 3. The average Bonchev–Trinajstić information content (AvgIpc) is 3.85. The van der Waals surface area contributed by atoms with Crippen LogP contribution in [0.5, 0.6) is 0 Å². The van der Waals surface area contributed by atoms with E-state index in [0.717, 1.165) is 36.8 Å². The molecule has 3 amide bonds. The number of hydrogen-bond donors (Lipinski definition) is 3. The highest BCUT2D eigenvalue weighted by molar-refractivity contribution is 6.02. The second kappa shape index (κ2) is 10.8. The van der Waals surface area contributed by atoms with Crippen molar-refractivity contribution in [1.29, 1.82) is 0 Å². The third-order valence-corrected chi connectivity index (χ3v) is 7.83. The number of rotatable bonds is 10. The molecule has 2 saturated carbocycles. The number of aliphatic hydroxyl groups excluding tert-OH is 1. The molecule has 2 aromatic rings. The Kier molecular flexibility index (Phi) is 7.52. The number of aliphatic hydroxyl groups is 1. The third-order valence-electron chi connectivity index (χ3n) is 7.83. The van der Waals surface area contributed by atoms with Gasteiger partial charge in [0.05, 0.1) is 31.3 Å². The Hall–Kier alpha value is -3.60. The molecule has 2 aliphatic carbocycles. The minimum Gasteiger partial charge on any atom is -0.393 e. The Morgan fingerprint density at radius 2 is 1.85 bits per heavy atom. The van der Waals surface area contributed by atoms with Gasteiger partial charge in [0, 0.05) is 12.2 Å². The molecule has 2 atom stereocenters. The van der Waals surface area contributed by atoms with E-state index >= 15 is 4.39 Å². The van der Waals surface area contributed by atoms with Crippen LogP contribution >= 0.6 is 0 Å². The molecule has 3 N–H and O–H groups in total. The molecule has 40 heavy (non-hydrogen) atoms. The first-order valence-electron chi connectivity index (χ1n) is 13.8. The minimum atomic E-state index is -1.79. The van der Waals surface area contributed by atoms with Crippen molar-refractivity contribution in [3.8, 4) is 0 Å². The second-order valence-electron chi connectivity index (χ2n) is 11.4. The van der Waals surface area contributed by atoms with Gasteiger partial charge >= 0.3 is 0 Å². The fraction of sp³-hybridized carbons (Fsp3) is 0.517. The lowest BCUT2D eigenvalue weighted by atomic mass is 9.92. The zero-order valence-corrected chi connectivity index (χ0v) is 22.9. The van der Waals surface area contributed by atoms with Crippen molar-refractivity contribution in [2.24, 2.45) is 5.92 Å². The number of alkyl halides is 1. The number of nitrogens with one attached hydrogen (secondary N) is 2. The number of benzene rings is 1. The van der Waals surface area contributed by atoms with Crippen molar-refractivity contribution in [2.75, 3.05) is 25.0 Å². The first-order chi connectivity index (χ1) is 19.0. The van der Waals surface area contributed by atoms with Crippen LogP contribution in [0.4, 0.5) is 14.5 Å². The van der Waals surface area contributed by atoms with Crippen LogP contribution in [-0.2, 0) is 9.59 Å². The number of anilines is 1. The molecule has 2 heterocycles. The number of hydrogen-bond acceptors (Lipinski definition) is 5. The summed E-state index contributed by atoms with van der Waals surface area (Å²) in [6, 6.07) is 4.72. The predicted molar refractivity (Wildman–Crippen MR) is 144 cm³/mol. The van der Waals surface area contributed by atoms with Gasteiger partial charge in [0.15, 0.2) is 5.67 Å². The van der Waals surface area contributed by atoms with E-state index in [0.29, 0.717) is 11.3 Å². The summed E-state index contributed by atoms with van der Waals surface area (Å²) in [5, 5.41) is 18.8. The molecule has 0 spiro atoms. The smallest absolute Gasteiger partial charge is 0.270 e. The van der Waals surface area contributed by atoms with Gasteiger partial charge in [-0.25, -0.2) is 8.78 Å². The molecule has 214 valence electrons. The summed E-state index contributed by atoms with van der Waals surface area (Å²) >= 11 is 0. The summed E-state index contributed by atoms with van der Waals surface area (Å²) in [6.45, 7) is 4.35. The van der Waals surface area contributed by atoms with Gasteiger partial charge in [-0.1, -0.05) is 11.6 Å². The maximum Gasteiger partial charge on any atom is 0.270 e. The van der Waals surface area contributed by atoms with Gasteiger partial charge in [0.2, 0.25) is 5.91 Å². The monoisotopic (exact) mass is 555 g/mol. The van der Waals surface area contributed by atoms with E-state index in [2.05, 4.69) is 15.7 Å². The minimum absolute atomic E-state index is 0.0510. The molecule has 0 radical (unpaired) electrons. The summed E-state index contributed by atoms with van der Waals surface area (Å²) in [4.78, 5) is 40.8. The summed E-state index contributed by atoms with van der Waals surface area (Å²) in [5.74, 6) is -2.58. The number of amides is 3. The van der Waals surface area contributed by atoms with Crippen LogP contribution in [0, 0.1) is 11.7 Å². The molecule has 3 aliphatic rings. The normalized spacial score (nSPS) is 19.1. The Morgan fingerprint density at radius 1 is 1.15 bits per heavy atom.